The van der Waals surface area contributed by atoms with Crippen LogP contribution in [0.1, 0.15) is 50.1 Å². The van der Waals surface area contributed by atoms with Crippen molar-refractivity contribution in [2.45, 2.75) is 46.1 Å². The Bertz CT molecular complexity index is 373. The predicted octanol–water partition coefficient (Wildman–Crippen LogP) is 2.96. The molecule has 1 aromatic rings. The second-order valence-corrected chi connectivity index (χ2v) is 6.23. The molecule has 96 valence electrons. The van der Waals surface area contributed by atoms with Gasteiger partial charge in [0, 0.05) is 24.5 Å². The van der Waals surface area contributed by atoms with Crippen molar-refractivity contribution in [3.63, 3.8) is 0 Å². The van der Waals surface area contributed by atoms with Crippen LogP contribution < -0.4 is 10.6 Å². The molecule has 1 saturated heterocycles. The van der Waals surface area contributed by atoms with Crippen molar-refractivity contribution in [3.05, 3.63) is 10.6 Å². The van der Waals surface area contributed by atoms with E-state index < -0.39 is 0 Å². The van der Waals surface area contributed by atoms with Gasteiger partial charge in [0.15, 0.2) is 5.13 Å². The molecular weight excluding hydrogens is 230 g/mol. The number of hydrogen-bond acceptors (Lipinski definition) is 4. The average Bonchev–Trinajstić information content (AvgIpc) is 2.94. The second-order valence-electron chi connectivity index (χ2n) is 5.17. The maximum absolute atomic E-state index is 5.81. The molecule has 0 saturated carbocycles. The molecule has 1 unspecified atom stereocenters. The molecule has 3 nitrogen and oxygen atoms in total. The van der Waals surface area contributed by atoms with E-state index in [-0.39, 0.29) is 0 Å². The first-order valence-corrected chi connectivity index (χ1v) is 7.42. The van der Waals surface area contributed by atoms with Crippen LogP contribution in [-0.2, 0) is 6.54 Å². The highest BCUT2D eigenvalue weighted by atomic mass is 32.1. The Labute approximate surface area is 108 Å². The predicted molar refractivity (Wildman–Crippen MR) is 74.7 cm³/mol. The van der Waals surface area contributed by atoms with Gasteiger partial charge >= 0.3 is 0 Å². The van der Waals surface area contributed by atoms with Gasteiger partial charge in [-0.3, -0.25) is 0 Å². The first kappa shape index (κ1) is 12.8. The van der Waals surface area contributed by atoms with Gasteiger partial charge < -0.3 is 10.6 Å². The van der Waals surface area contributed by atoms with Gasteiger partial charge in [-0.1, -0.05) is 27.2 Å². The highest BCUT2D eigenvalue weighted by molar-refractivity contribution is 7.15. The van der Waals surface area contributed by atoms with Crippen LogP contribution in [0.3, 0.4) is 0 Å². The number of nitrogens with two attached hydrogens (primary N) is 1. The Kier molecular flexibility index (Phi) is 4.05. The third-order valence-corrected chi connectivity index (χ3v) is 4.74. The van der Waals surface area contributed by atoms with E-state index in [4.69, 9.17) is 10.7 Å². The van der Waals surface area contributed by atoms with E-state index in [1.165, 1.54) is 35.1 Å². The van der Waals surface area contributed by atoms with Crippen molar-refractivity contribution in [2.24, 2.45) is 11.7 Å². The molecule has 0 amide bonds. The summed E-state index contributed by atoms with van der Waals surface area (Å²) in [6, 6.07) is 0. The van der Waals surface area contributed by atoms with Gasteiger partial charge in [0.05, 0.1) is 5.69 Å². The number of anilines is 1. The van der Waals surface area contributed by atoms with Gasteiger partial charge in [0.1, 0.15) is 0 Å². The zero-order valence-electron chi connectivity index (χ0n) is 11.1. The largest absolute Gasteiger partial charge is 0.348 e. The third kappa shape index (κ3) is 2.63. The van der Waals surface area contributed by atoms with Crippen LogP contribution in [0.15, 0.2) is 0 Å². The number of nitrogens with zero attached hydrogens (tertiary/aromatic N) is 2. The van der Waals surface area contributed by atoms with E-state index in [0.29, 0.717) is 12.5 Å². The number of rotatable bonds is 4. The lowest BCUT2D eigenvalue weighted by atomic mass is 10.1. The standard InChI is InChI=1S/C13H23N3S/c1-4-10-5-6-16(8-10)13-15-12(9(2)3)11(7-14)17-13/h9-10H,4-8,14H2,1-3H3. The molecule has 4 heteroatoms. The topological polar surface area (TPSA) is 42.2 Å². The summed E-state index contributed by atoms with van der Waals surface area (Å²) in [7, 11) is 0. The number of thiazole rings is 1. The van der Waals surface area contributed by atoms with Crippen LogP contribution in [-0.4, -0.2) is 18.1 Å². The maximum Gasteiger partial charge on any atom is 0.185 e. The van der Waals surface area contributed by atoms with Crippen LogP contribution in [0.25, 0.3) is 0 Å². The molecule has 1 atom stereocenters. The lowest BCUT2D eigenvalue weighted by Crippen LogP contribution is -2.19. The first-order valence-electron chi connectivity index (χ1n) is 6.60. The number of aromatic nitrogens is 1. The Morgan fingerprint density at radius 2 is 2.29 bits per heavy atom. The summed E-state index contributed by atoms with van der Waals surface area (Å²) >= 11 is 1.79. The lowest BCUT2D eigenvalue weighted by molar-refractivity contribution is 0.569. The van der Waals surface area contributed by atoms with E-state index in [2.05, 4.69) is 25.7 Å². The van der Waals surface area contributed by atoms with E-state index in [9.17, 15) is 0 Å². The monoisotopic (exact) mass is 253 g/mol. The van der Waals surface area contributed by atoms with E-state index >= 15 is 0 Å². The van der Waals surface area contributed by atoms with Gasteiger partial charge in [-0.2, -0.15) is 0 Å². The van der Waals surface area contributed by atoms with Gasteiger partial charge in [-0.15, -0.1) is 11.3 Å². The third-order valence-electron chi connectivity index (χ3n) is 3.58. The fourth-order valence-corrected chi connectivity index (χ4v) is 3.55. The minimum absolute atomic E-state index is 0.475. The molecule has 2 rings (SSSR count). The minimum Gasteiger partial charge on any atom is -0.348 e. The summed E-state index contributed by atoms with van der Waals surface area (Å²) < 4.78 is 0. The summed E-state index contributed by atoms with van der Waals surface area (Å²) in [4.78, 5) is 8.49. The van der Waals surface area contributed by atoms with Crippen molar-refractivity contribution in [2.75, 3.05) is 18.0 Å². The molecule has 2 heterocycles. The molecule has 1 fully saturated rings. The maximum atomic E-state index is 5.81. The van der Waals surface area contributed by atoms with E-state index in [1.54, 1.807) is 11.3 Å². The second kappa shape index (κ2) is 5.36. The normalized spacial score (nSPS) is 20.5. The Balaban J connectivity index is 2.17. The fraction of sp³-hybridized carbons (Fsp3) is 0.769. The molecule has 0 bridgehead atoms. The quantitative estimate of drug-likeness (QED) is 0.897. The summed E-state index contributed by atoms with van der Waals surface area (Å²) in [5.74, 6) is 1.32. The molecule has 0 spiro atoms. The first-order chi connectivity index (χ1) is 8.15. The molecule has 1 aliphatic heterocycles. The van der Waals surface area contributed by atoms with Gasteiger partial charge in [0.2, 0.25) is 0 Å². The van der Waals surface area contributed by atoms with Crippen LogP contribution in [0.5, 0.6) is 0 Å². The number of hydrogen-bond donors (Lipinski definition) is 1. The Morgan fingerprint density at radius 3 is 2.76 bits per heavy atom. The Hall–Kier alpha value is -0.610. The van der Waals surface area contributed by atoms with Gasteiger partial charge in [0.25, 0.3) is 0 Å². The van der Waals surface area contributed by atoms with Crippen LogP contribution in [0, 0.1) is 5.92 Å². The molecule has 2 N–H and O–H groups in total. The summed E-state index contributed by atoms with van der Waals surface area (Å²) in [5.41, 5.74) is 7.01. The van der Waals surface area contributed by atoms with Crippen molar-refractivity contribution >= 4 is 16.5 Å². The molecule has 17 heavy (non-hydrogen) atoms. The molecule has 1 aliphatic rings. The van der Waals surface area contributed by atoms with E-state index in [1.807, 2.05) is 0 Å². The molecule has 0 radical (unpaired) electrons. The van der Waals surface area contributed by atoms with Crippen molar-refractivity contribution in [3.8, 4) is 0 Å². The highest BCUT2D eigenvalue weighted by Crippen LogP contribution is 2.33. The smallest absolute Gasteiger partial charge is 0.185 e. The minimum atomic E-state index is 0.475. The summed E-state index contributed by atoms with van der Waals surface area (Å²) in [6.07, 6.45) is 2.59. The zero-order valence-corrected chi connectivity index (χ0v) is 11.9. The molecular formula is C13H23N3S. The van der Waals surface area contributed by atoms with Crippen LogP contribution in [0.4, 0.5) is 5.13 Å². The molecule has 0 aliphatic carbocycles. The summed E-state index contributed by atoms with van der Waals surface area (Å²) in [5, 5.41) is 1.19. The van der Waals surface area contributed by atoms with Crippen LogP contribution >= 0.6 is 11.3 Å². The van der Waals surface area contributed by atoms with Crippen molar-refractivity contribution in [1.82, 2.24) is 4.98 Å². The van der Waals surface area contributed by atoms with Crippen LogP contribution in [0.2, 0.25) is 0 Å². The van der Waals surface area contributed by atoms with Gasteiger partial charge in [-0.25, -0.2) is 4.98 Å². The molecule has 1 aromatic heterocycles. The van der Waals surface area contributed by atoms with E-state index in [0.717, 1.165) is 12.5 Å². The average molecular weight is 253 g/mol. The SMILES string of the molecule is CCC1CCN(c2nc(C(C)C)c(CN)s2)C1. The lowest BCUT2D eigenvalue weighted by Gasteiger charge is -2.14. The van der Waals surface area contributed by atoms with Crippen molar-refractivity contribution in [1.29, 1.82) is 0 Å². The molecule has 0 aromatic carbocycles. The Morgan fingerprint density at radius 1 is 1.53 bits per heavy atom. The summed E-state index contributed by atoms with van der Waals surface area (Å²) in [6.45, 7) is 9.61. The highest BCUT2D eigenvalue weighted by Gasteiger charge is 2.24. The van der Waals surface area contributed by atoms with Crippen molar-refractivity contribution < 1.29 is 0 Å². The fourth-order valence-electron chi connectivity index (χ4n) is 2.42. The van der Waals surface area contributed by atoms with Gasteiger partial charge in [-0.05, 0) is 18.3 Å². The zero-order chi connectivity index (χ0) is 12.4.